The molecule has 1 heterocycles. The number of anilines is 1. The Morgan fingerprint density at radius 1 is 1.13 bits per heavy atom. The smallest absolute Gasteiger partial charge is 0.254 e. The lowest BCUT2D eigenvalue weighted by atomic mass is 9.87. The SMILES string of the molecule is C=CCNC(=O)c1c(NC(=O)/C=C/c2ccc(C(C)(C)C)cc2)sc2c1CCCC2. The van der Waals surface area contributed by atoms with Crippen molar-refractivity contribution in [2.45, 2.75) is 51.9 Å². The van der Waals surface area contributed by atoms with Crippen LogP contribution >= 0.6 is 11.3 Å². The van der Waals surface area contributed by atoms with Gasteiger partial charge >= 0.3 is 0 Å². The zero-order valence-electron chi connectivity index (χ0n) is 18.0. The van der Waals surface area contributed by atoms with Crippen LogP contribution in [0.15, 0.2) is 43.0 Å². The maximum absolute atomic E-state index is 12.7. The van der Waals surface area contributed by atoms with Crippen molar-refractivity contribution < 1.29 is 9.59 Å². The molecule has 0 radical (unpaired) electrons. The fraction of sp³-hybridized carbons (Fsp3) is 0.360. The van der Waals surface area contributed by atoms with E-state index in [1.54, 1.807) is 12.2 Å². The topological polar surface area (TPSA) is 58.2 Å². The van der Waals surface area contributed by atoms with E-state index in [2.05, 4.69) is 50.1 Å². The Hall–Kier alpha value is -2.66. The number of hydrogen-bond acceptors (Lipinski definition) is 3. The molecule has 0 atom stereocenters. The maximum atomic E-state index is 12.7. The molecule has 1 aromatic heterocycles. The van der Waals surface area contributed by atoms with Gasteiger partial charge in [-0.05, 0) is 53.9 Å². The lowest BCUT2D eigenvalue weighted by molar-refractivity contribution is -0.111. The minimum absolute atomic E-state index is 0.0977. The average Bonchev–Trinajstić information content (AvgIpc) is 3.08. The third-order valence-electron chi connectivity index (χ3n) is 5.25. The summed E-state index contributed by atoms with van der Waals surface area (Å²) >= 11 is 1.53. The Balaban J connectivity index is 1.76. The van der Waals surface area contributed by atoms with E-state index in [1.807, 2.05) is 12.1 Å². The molecule has 1 aliphatic carbocycles. The van der Waals surface area contributed by atoms with Crippen LogP contribution in [0, 0.1) is 0 Å². The van der Waals surface area contributed by atoms with Crippen LogP contribution < -0.4 is 10.6 Å². The van der Waals surface area contributed by atoms with Gasteiger partial charge in [0.2, 0.25) is 5.91 Å². The molecule has 2 aromatic rings. The van der Waals surface area contributed by atoms with Crippen LogP contribution in [-0.2, 0) is 23.1 Å². The van der Waals surface area contributed by atoms with Crippen molar-refractivity contribution in [1.82, 2.24) is 5.32 Å². The standard InChI is InChI=1S/C25H30N2O2S/c1-5-16-26-23(29)22-19-8-6-7-9-20(19)30-24(22)27-21(28)15-12-17-10-13-18(14-11-17)25(2,3)4/h5,10-15H,1,6-9,16H2,2-4H3,(H,26,29)(H,27,28)/b15-12+. The average molecular weight is 423 g/mol. The van der Waals surface area contributed by atoms with E-state index in [0.29, 0.717) is 17.1 Å². The molecule has 5 heteroatoms. The second kappa shape index (κ2) is 9.43. The summed E-state index contributed by atoms with van der Waals surface area (Å²) < 4.78 is 0. The van der Waals surface area contributed by atoms with E-state index < -0.39 is 0 Å². The molecule has 0 fully saturated rings. The highest BCUT2D eigenvalue weighted by Gasteiger charge is 2.25. The van der Waals surface area contributed by atoms with Crippen LogP contribution in [0.3, 0.4) is 0 Å². The first-order valence-corrected chi connectivity index (χ1v) is 11.2. The van der Waals surface area contributed by atoms with Gasteiger partial charge in [-0.15, -0.1) is 17.9 Å². The minimum Gasteiger partial charge on any atom is -0.348 e. The second-order valence-corrected chi connectivity index (χ2v) is 9.71. The van der Waals surface area contributed by atoms with Crippen LogP contribution in [0.25, 0.3) is 6.08 Å². The molecule has 1 aliphatic rings. The zero-order chi connectivity index (χ0) is 21.7. The molecule has 2 N–H and O–H groups in total. The lowest BCUT2D eigenvalue weighted by Gasteiger charge is -2.18. The zero-order valence-corrected chi connectivity index (χ0v) is 18.8. The normalized spacial score (nSPS) is 13.7. The number of nitrogens with one attached hydrogen (secondary N) is 2. The molecule has 0 saturated heterocycles. The predicted molar refractivity (Wildman–Crippen MR) is 126 cm³/mol. The molecule has 30 heavy (non-hydrogen) atoms. The van der Waals surface area contributed by atoms with Crippen LogP contribution in [0.1, 0.15) is 65.5 Å². The summed E-state index contributed by atoms with van der Waals surface area (Å²) in [5.74, 6) is -0.377. The molecule has 0 spiro atoms. The first kappa shape index (κ1) is 22.0. The Morgan fingerprint density at radius 3 is 2.50 bits per heavy atom. The van der Waals surface area contributed by atoms with Crippen LogP contribution in [0.5, 0.6) is 0 Å². The van der Waals surface area contributed by atoms with Crippen LogP contribution in [0.4, 0.5) is 5.00 Å². The third kappa shape index (κ3) is 5.28. The molecule has 3 rings (SSSR count). The van der Waals surface area contributed by atoms with E-state index in [4.69, 9.17) is 0 Å². The third-order valence-corrected chi connectivity index (χ3v) is 6.45. The lowest BCUT2D eigenvalue weighted by Crippen LogP contribution is -2.25. The number of carbonyl (C=O) groups is 2. The van der Waals surface area contributed by atoms with Crippen molar-refractivity contribution in [1.29, 1.82) is 0 Å². The number of hydrogen-bond donors (Lipinski definition) is 2. The summed E-state index contributed by atoms with van der Waals surface area (Å²) in [7, 11) is 0. The van der Waals surface area contributed by atoms with E-state index in [0.717, 1.165) is 36.8 Å². The quantitative estimate of drug-likeness (QED) is 0.477. The van der Waals surface area contributed by atoms with Gasteiger partial charge in [-0.3, -0.25) is 9.59 Å². The van der Waals surface area contributed by atoms with Gasteiger partial charge in [0, 0.05) is 17.5 Å². The highest BCUT2D eigenvalue weighted by molar-refractivity contribution is 7.17. The molecule has 0 bridgehead atoms. The summed E-state index contributed by atoms with van der Waals surface area (Å²) in [6.07, 6.45) is 9.02. The second-order valence-electron chi connectivity index (χ2n) is 8.61. The number of thiophene rings is 1. The fourth-order valence-corrected chi connectivity index (χ4v) is 4.86. The van der Waals surface area contributed by atoms with Crippen molar-refractivity contribution in [3.05, 3.63) is 70.1 Å². The molecule has 1 aromatic carbocycles. The van der Waals surface area contributed by atoms with Crippen LogP contribution in [-0.4, -0.2) is 18.4 Å². The van der Waals surface area contributed by atoms with Crippen molar-refractivity contribution >= 4 is 34.2 Å². The summed E-state index contributed by atoms with van der Waals surface area (Å²) in [5, 5.41) is 6.43. The first-order valence-electron chi connectivity index (χ1n) is 10.4. The van der Waals surface area contributed by atoms with Crippen molar-refractivity contribution in [2.75, 3.05) is 11.9 Å². The first-order chi connectivity index (χ1) is 14.3. The fourth-order valence-electron chi connectivity index (χ4n) is 3.57. The Labute approximate surface area is 183 Å². The Bertz CT molecular complexity index is 962. The Morgan fingerprint density at radius 2 is 1.83 bits per heavy atom. The molecule has 0 unspecified atom stereocenters. The molecular formula is C25H30N2O2S. The van der Waals surface area contributed by atoms with Gasteiger partial charge in [0.1, 0.15) is 5.00 Å². The molecule has 4 nitrogen and oxygen atoms in total. The van der Waals surface area contributed by atoms with Gasteiger partial charge in [-0.25, -0.2) is 0 Å². The molecule has 2 amide bonds. The summed E-state index contributed by atoms with van der Waals surface area (Å²) in [5.41, 5.74) is 4.02. The van der Waals surface area contributed by atoms with Crippen LogP contribution in [0.2, 0.25) is 0 Å². The molecule has 0 saturated carbocycles. The number of aryl methyl sites for hydroxylation is 1. The van der Waals surface area contributed by atoms with Crippen molar-refractivity contribution in [3.63, 3.8) is 0 Å². The number of carbonyl (C=O) groups excluding carboxylic acids is 2. The largest absolute Gasteiger partial charge is 0.348 e. The van der Waals surface area contributed by atoms with Crippen molar-refractivity contribution in [2.24, 2.45) is 0 Å². The van der Waals surface area contributed by atoms with Gasteiger partial charge in [-0.2, -0.15) is 0 Å². The number of amides is 2. The van der Waals surface area contributed by atoms with E-state index >= 15 is 0 Å². The van der Waals surface area contributed by atoms with E-state index in [-0.39, 0.29) is 17.2 Å². The van der Waals surface area contributed by atoms with Gasteiger partial charge in [0.15, 0.2) is 0 Å². The Kier molecular flexibility index (Phi) is 6.93. The molecule has 0 aliphatic heterocycles. The predicted octanol–water partition coefficient (Wildman–Crippen LogP) is 5.49. The van der Waals surface area contributed by atoms with Crippen molar-refractivity contribution in [3.8, 4) is 0 Å². The highest BCUT2D eigenvalue weighted by atomic mass is 32.1. The highest BCUT2D eigenvalue weighted by Crippen LogP contribution is 2.38. The van der Waals surface area contributed by atoms with Gasteiger partial charge in [0.25, 0.3) is 5.91 Å². The number of fused-ring (bicyclic) bond motifs is 1. The summed E-state index contributed by atoms with van der Waals surface area (Å²) in [4.78, 5) is 26.5. The van der Waals surface area contributed by atoms with E-state index in [9.17, 15) is 9.59 Å². The van der Waals surface area contributed by atoms with E-state index in [1.165, 1.54) is 27.9 Å². The summed E-state index contributed by atoms with van der Waals surface area (Å²) in [6, 6.07) is 8.21. The van der Waals surface area contributed by atoms with Gasteiger partial charge in [0.05, 0.1) is 5.56 Å². The monoisotopic (exact) mass is 422 g/mol. The van der Waals surface area contributed by atoms with Gasteiger partial charge in [-0.1, -0.05) is 51.1 Å². The molecule has 158 valence electrons. The number of benzene rings is 1. The molecular weight excluding hydrogens is 392 g/mol. The minimum atomic E-state index is -0.230. The maximum Gasteiger partial charge on any atom is 0.254 e. The van der Waals surface area contributed by atoms with Gasteiger partial charge < -0.3 is 10.6 Å². The summed E-state index contributed by atoms with van der Waals surface area (Å²) in [6.45, 7) is 10.6. The number of rotatable bonds is 6.